The van der Waals surface area contributed by atoms with Crippen molar-refractivity contribution in [1.29, 1.82) is 0 Å². The van der Waals surface area contributed by atoms with Gasteiger partial charge < -0.3 is 0 Å². The molecule has 1 aromatic rings. The fourth-order valence-electron chi connectivity index (χ4n) is 0.781. The third-order valence-electron chi connectivity index (χ3n) is 1.43. The van der Waals surface area contributed by atoms with Gasteiger partial charge in [-0.2, -0.15) is 0 Å². The summed E-state index contributed by atoms with van der Waals surface area (Å²) in [5.41, 5.74) is 0.559. The maximum Gasteiger partial charge on any atom is 0.180 e. The number of nitrogens with zero attached hydrogens (tertiary/aromatic N) is 1. The lowest BCUT2D eigenvalue weighted by atomic mass is 10.2. The second-order valence-corrected chi connectivity index (χ2v) is 5.23. The van der Waals surface area contributed by atoms with E-state index in [1.165, 1.54) is 18.3 Å². The standard InChI is InChI=1S/C8H10BrNOS/c1-4(2)8-10-6(5(3)11)7(9)12-8/h4H,1-3H3. The number of hydrogen-bond donors (Lipinski definition) is 0. The Morgan fingerprint density at radius 1 is 1.58 bits per heavy atom. The van der Waals surface area contributed by atoms with E-state index in [1.54, 1.807) is 0 Å². The molecule has 66 valence electrons. The van der Waals surface area contributed by atoms with Crippen molar-refractivity contribution in [2.45, 2.75) is 26.7 Å². The lowest BCUT2D eigenvalue weighted by molar-refractivity contribution is 0.101. The van der Waals surface area contributed by atoms with Gasteiger partial charge in [-0.25, -0.2) is 4.98 Å². The Bertz CT molecular complexity index is 306. The van der Waals surface area contributed by atoms with Gasteiger partial charge in [-0.1, -0.05) is 13.8 Å². The van der Waals surface area contributed by atoms with Crippen LogP contribution in [0.5, 0.6) is 0 Å². The normalized spacial score (nSPS) is 10.8. The van der Waals surface area contributed by atoms with Crippen LogP contribution in [-0.2, 0) is 0 Å². The Morgan fingerprint density at radius 3 is 2.42 bits per heavy atom. The molecule has 0 amide bonds. The van der Waals surface area contributed by atoms with Crippen LogP contribution >= 0.6 is 27.3 Å². The van der Waals surface area contributed by atoms with Crippen LogP contribution in [0.25, 0.3) is 0 Å². The summed E-state index contributed by atoms with van der Waals surface area (Å²) >= 11 is 4.86. The summed E-state index contributed by atoms with van der Waals surface area (Å²) in [5.74, 6) is 0.407. The number of Topliss-reactive ketones (excluding diaryl/α,β-unsaturated/α-hetero) is 1. The molecule has 0 aliphatic heterocycles. The largest absolute Gasteiger partial charge is 0.293 e. The first-order valence-electron chi connectivity index (χ1n) is 3.69. The molecule has 0 aliphatic rings. The zero-order chi connectivity index (χ0) is 9.30. The Morgan fingerprint density at radius 2 is 2.17 bits per heavy atom. The summed E-state index contributed by atoms with van der Waals surface area (Å²) < 4.78 is 0.846. The number of rotatable bonds is 2. The van der Waals surface area contributed by atoms with E-state index in [2.05, 4.69) is 34.8 Å². The molecular formula is C8H10BrNOS. The maximum atomic E-state index is 11.0. The Hall–Kier alpha value is -0.220. The number of carbonyl (C=O) groups is 1. The highest BCUT2D eigenvalue weighted by Crippen LogP contribution is 2.29. The van der Waals surface area contributed by atoms with Crippen molar-refractivity contribution in [2.75, 3.05) is 0 Å². The van der Waals surface area contributed by atoms with Crippen LogP contribution in [0.15, 0.2) is 3.79 Å². The predicted molar refractivity (Wildman–Crippen MR) is 53.9 cm³/mol. The van der Waals surface area contributed by atoms with E-state index in [0.717, 1.165) is 8.79 Å². The van der Waals surface area contributed by atoms with Crippen LogP contribution in [0, 0.1) is 0 Å². The number of carbonyl (C=O) groups excluding carboxylic acids is 1. The predicted octanol–water partition coefficient (Wildman–Crippen LogP) is 3.23. The fourth-order valence-corrected chi connectivity index (χ4v) is 2.49. The van der Waals surface area contributed by atoms with E-state index in [4.69, 9.17) is 0 Å². The van der Waals surface area contributed by atoms with Gasteiger partial charge in [-0.05, 0) is 15.9 Å². The molecular weight excluding hydrogens is 238 g/mol. The minimum absolute atomic E-state index is 0.0185. The molecule has 0 atom stereocenters. The average Bonchev–Trinajstić information content (AvgIpc) is 2.30. The summed E-state index contributed by atoms with van der Waals surface area (Å²) in [7, 11) is 0. The first kappa shape index (κ1) is 9.86. The van der Waals surface area contributed by atoms with Crippen molar-refractivity contribution in [1.82, 2.24) is 4.98 Å². The zero-order valence-corrected chi connectivity index (χ0v) is 9.62. The number of ketones is 1. The topological polar surface area (TPSA) is 30.0 Å². The lowest BCUT2D eigenvalue weighted by Gasteiger charge is -1.94. The highest BCUT2D eigenvalue weighted by Gasteiger charge is 2.14. The number of aromatic nitrogens is 1. The number of halogens is 1. The van der Waals surface area contributed by atoms with Gasteiger partial charge in [-0.15, -0.1) is 11.3 Å². The maximum absolute atomic E-state index is 11.0. The van der Waals surface area contributed by atoms with E-state index < -0.39 is 0 Å². The van der Waals surface area contributed by atoms with Crippen LogP contribution in [0.1, 0.15) is 42.2 Å². The van der Waals surface area contributed by atoms with Crippen LogP contribution in [-0.4, -0.2) is 10.8 Å². The summed E-state index contributed by atoms with van der Waals surface area (Å²) in [5, 5.41) is 1.01. The summed E-state index contributed by atoms with van der Waals surface area (Å²) in [6.45, 7) is 5.66. The monoisotopic (exact) mass is 247 g/mol. The van der Waals surface area contributed by atoms with Gasteiger partial charge in [0.25, 0.3) is 0 Å². The average molecular weight is 248 g/mol. The van der Waals surface area contributed by atoms with Gasteiger partial charge in [0.2, 0.25) is 0 Å². The second kappa shape index (κ2) is 3.66. The van der Waals surface area contributed by atoms with Gasteiger partial charge in [0.15, 0.2) is 5.78 Å². The van der Waals surface area contributed by atoms with Gasteiger partial charge in [-0.3, -0.25) is 4.79 Å². The molecule has 4 heteroatoms. The van der Waals surface area contributed by atoms with Crippen LogP contribution in [0.3, 0.4) is 0 Å². The van der Waals surface area contributed by atoms with Crippen molar-refractivity contribution < 1.29 is 4.79 Å². The van der Waals surface area contributed by atoms with Crippen LogP contribution in [0.2, 0.25) is 0 Å². The molecule has 2 nitrogen and oxygen atoms in total. The van der Waals surface area contributed by atoms with Crippen LogP contribution < -0.4 is 0 Å². The molecule has 0 radical (unpaired) electrons. The van der Waals surface area contributed by atoms with Gasteiger partial charge in [0.05, 0.1) is 5.01 Å². The van der Waals surface area contributed by atoms with E-state index >= 15 is 0 Å². The molecule has 1 aromatic heterocycles. The molecule has 0 bridgehead atoms. The molecule has 0 aliphatic carbocycles. The van der Waals surface area contributed by atoms with Crippen molar-refractivity contribution in [2.24, 2.45) is 0 Å². The quantitative estimate of drug-likeness (QED) is 0.752. The van der Waals surface area contributed by atoms with E-state index in [-0.39, 0.29) is 5.78 Å². The first-order chi connectivity index (χ1) is 5.52. The molecule has 1 heterocycles. The molecule has 0 aromatic carbocycles. The highest BCUT2D eigenvalue weighted by molar-refractivity contribution is 9.11. The van der Waals surface area contributed by atoms with Crippen molar-refractivity contribution in [3.63, 3.8) is 0 Å². The number of thiazole rings is 1. The van der Waals surface area contributed by atoms with Crippen molar-refractivity contribution >= 4 is 33.0 Å². The number of hydrogen-bond acceptors (Lipinski definition) is 3. The smallest absolute Gasteiger partial charge is 0.180 e. The molecule has 0 unspecified atom stereocenters. The van der Waals surface area contributed by atoms with Crippen molar-refractivity contribution in [3.05, 3.63) is 14.5 Å². The molecule has 0 fully saturated rings. The SMILES string of the molecule is CC(=O)c1nc(C(C)C)sc1Br. The van der Waals surface area contributed by atoms with Gasteiger partial charge >= 0.3 is 0 Å². The molecule has 0 saturated heterocycles. The third kappa shape index (κ3) is 1.93. The first-order valence-corrected chi connectivity index (χ1v) is 5.30. The van der Waals surface area contributed by atoms with Gasteiger partial charge in [0, 0.05) is 12.8 Å². The molecule has 0 N–H and O–H groups in total. The molecule has 0 saturated carbocycles. The minimum Gasteiger partial charge on any atom is -0.293 e. The Kier molecular flexibility index (Phi) is 3.01. The molecule has 12 heavy (non-hydrogen) atoms. The van der Waals surface area contributed by atoms with E-state index in [0.29, 0.717) is 11.6 Å². The zero-order valence-electron chi connectivity index (χ0n) is 7.22. The van der Waals surface area contributed by atoms with E-state index in [1.807, 2.05) is 0 Å². The van der Waals surface area contributed by atoms with E-state index in [9.17, 15) is 4.79 Å². The minimum atomic E-state index is 0.0185. The Labute approximate surface area is 84.1 Å². The summed E-state index contributed by atoms with van der Waals surface area (Å²) in [6, 6.07) is 0. The highest BCUT2D eigenvalue weighted by atomic mass is 79.9. The third-order valence-corrected chi connectivity index (χ3v) is 3.44. The fraction of sp³-hybridized carbons (Fsp3) is 0.500. The van der Waals surface area contributed by atoms with Crippen molar-refractivity contribution in [3.8, 4) is 0 Å². The molecule has 1 rings (SSSR count). The summed E-state index contributed by atoms with van der Waals surface area (Å²) in [6.07, 6.45) is 0. The summed E-state index contributed by atoms with van der Waals surface area (Å²) in [4.78, 5) is 15.2. The Balaban J connectivity index is 3.09. The van der Waals surface area contributed by atoms with Gasteiger partial charge in [0.1, 0.15) is 9.48 Å². The second-order valence-electron chi connectivity index (χ2n) is 2.89. The van der Waals surface area contributed by atoms with Crippen LogP contribution in [0.4, 0.5) is 0 Å². The molecule has 0 spiro atoms. The lowest BCUT2D eigenvalue weighted by Crippen LogP contribution is -1.94.